The number of carboxylic acids is 1. The molecule has 1 aromatic rings. The van der Waals surface area contributed by atoms with E-state index in [1.807, 2.05) is 19.9 Å². The summed E-state index contributed by atoms with van der Waals surface area (Å²) in [5, 5.41) is 8.84. The van der Waals surface area contributed by atoms with Crippen LogP contribution in [0.25, 0.3) is 0 Å². The molecule has 24 heavy (non-hydrogen) atoms. The zero-order valence-electron chi connectivity index (χ0n) is 14.6. The van der Waals surface area contributed by atoms with Crippen LogP contribution in [-0.4, -0.2) is 52.5 Å². The molecule has 0 radical (unpaired) electrons. The fourth-order valence-electron chi connectivity index (χ4n) is 2.98. The van der Waals surface area contributed by atoms with Gasteiger partial charge < -0.3 is 14.9 Å². The van der Waals surface area contributed by atoms with Gasteiger partial charge in [-0.1, -0.05) is 12.8 Å². The zero-order valence-corrected chi connectivity index (χ0v) is 14.6. The molecule has 132 valence electrons. The third-order valence-electron chi connectivity index (χ3n) is 4.38. The third kappa shape index (κ3) is 4.94. The molecule has 0 bridgehead atoms. The van der Waals surface area contributed by atoms with Crippen LogP contribution in [0, 0.1) is 0 Å². The number of aromatic nitrogens is 1. The number of nitrogens with zero attached hydrogens (tertiary/aromatic N) is 3. The molecule has 1 amide bonds. The maximum Gasteiger partial charge on any atom is 0.305 e. The molecule has 0 unspecified atom stereocenters. The van der Waals surface area contributed by atoms with Crippen molar-refractivity contribution in [1.29, 1.82) is 0 Å². The van der Waals surface area contributed by atoms with Crippen LogP contribution in [0.4, 0.5) is 5.82 Å². The molecular formula is C18H27N3O3. The molecule has 1 saturated heterocycles. The van der Waals surface area contributed by atoms with E-state index in [1.54, 1.807) is 17.2 Å². The lowest BCUT2D eigenvalue weighted by Gasteiger charge is -2.26. The Balaban J connectivity index is 2.07. The second-order valence-corrected chi connectivity index (χ2v) is 6.54. The highest BCUT2D eigenvalue weighted by Crippen LogP contribution is 2.18. The first-order valence-corrected chi connectivity index (χ1v) is 8.73. The van der Waals surface area contributed by atoms with E-state index in [4.69, 9.17) is 5.11 Å². The van der Waals surface area contributed by atoms with Gasteiger partial charge in [-0.15, -0.1) is 0 Å². The monoisotopic (exact) mass is 333 g/mol. The third-order valence-corrected chi connectivity index (χ3v) is 4.38. The summed E-state index contributed by atoms with van der Waals surface area (Å²) in [5.41, 5.74) is 0.507. The van der Waals surface area contributed by atoms with Crippen LogP contribution in [0.15, 0.2) is 18.3 Å². The maximum atomic E-state index is 12.6. The van der Waals surface area contributed by atoms with E-state index in [9.17, 15) is 9.59 Å². The molecule has 1 aromatic heterocycles. The Morgan fingerprint density at radius 2 is 1.88 bits per heavy atom. The summed E-state index contributed by atoms with van der Waals surface area (Å²) in [6.45, 7) is 6.01. The first-order chi connectivity index (χ1) is 11.5. The number of carboxylic acid groups (broad SMARTS) is 1. The first-order valence-electron chi connectivity index (χ1n) is 8.73. The van der Waals surface area contributed by atoms with E-state index in [0.717, 1.165) is 18.9 Å². The maximum absolute atomic E-state index is 12.6. The van der Waals surface area contributed by atoms with Crippen molar-refractivity contribution in [2.75, 3.05) is 24.5 Å². The van der Waals surface area contributed by atoms with Crippen molar-refractivity contribution in [2.24, 2.45) is 0 Å². The molecule has 1 fully saturated rings. The first kappa shape index (κ1) is 18.2. The minimum Gasteiger partial charge on any atom is -0.481 e. The van der Waals surface area contributed by atoms with Crippen LogP contribution < -0.4 is 4.90 Å². The van der Waals surface area contributed by atoms with E-state index < -0.39 is 5.97 Å². The number of amides is 1. The quantitative estimate of drug-likeness (QED) is 0.866. The smallest absolute Gasteiger partial charge is 0.305 e. The number of rotatable bonds is 6. The SMILES string of the molecule is CC(C)N(CCC(=O)O)C(=O)c1ccc(N2CCCCCC2)nc1. The van der Waals surface area contributed by atoms with Crippen molar-refractivity contribution in [1.82, 2.24) is 9.88 Å². The van der Waals surface area contributed by atoms with Gasteiger partial charge in [0.05, 0.1) is 12.0 Å². The second kappa shape index (κ2) is 8.66. The number of aliphatic carboxylic acids is 1. The largest absolute Gasteiger partial charge is 0.481 e. The Hall–Kier alpha value is -2.11. The van der Waals surface area contributed by atoms with Gasteiger partial charge in [0.2, 0.25) is 0 Å². The van der Waals surface area contributed by atoms with Gasteiger partial charge in [-0.05, 0) is 38.8 Å². The van der Waals surface area contributed by atoms with Crippen molar-refractivity contribution in [2.45, 2.75) is 52.0 Å². The van der Waals surface area contributed by atoms with Crippen molar-refractivity contribution >= 4 is 17.7 Å². The molecule has 6 nitrogen and oxygen atoms in total. The lowest BCUT2D eigenvalue weighted by Crippen LogP contribution is -2.38. The molecule has 0 spiro atoms. The fourth-order valence-corrected chi connectivity index (χ4v) is 2.98. The minimum atomic E-state index is -0.900. The van der Waals surface area contributed by atoms with Gasteiger partial charge in [-0.2, -0.15) is 0 Å². The molecule has 2 rings (SSSR count). The molecule has 0 aromatic carbocycles. The van der Waals surface area contributed by atoms with Gasteiger partial charge in [0.25, 0.3) is 5.91 Å². The second-order valence-electron chi connectivity index (χ2n) is 6.54. The summed E-state index contributed by atoms with van der Waals surface area (Å²) < 4.78 is 0. The number of carbonyl (C=O) groups is 2. The number of carbonyl (C=O) groups excluding carboxylic acids is 1. The topological polar surface area (TPSA) is 73.7 Å². The molecule has 0 saturated carbocycles. The van der Waals surface area contributed by atoms with Gasteiger partial charge >= 0.3 is 5.97 Å². The predicted molar refractivity (Wildman–Crippen MR) is 93.3 cm³/mol. The molecule has 0 aliphatic carbocycles. The van der Waals surface area contributed by atoms with E-state index >= 15 is 0 Å². The van der Waals surface area contributed by atoms with Gasteiger partial charge in [0.1, 0.15) is 5.82 Å². The Labute approximate surface area is 143 Å². The standard InChI is InChI=1S/C18H27N3O3/c1-14(2)21(12-9-17(22)23)18(24)15-7-8-16(19-13-15)20-10-5-3-4-6-11-20/h7-8,13-14H,3-6,9-12H2,1-2H3,(H,22,23). The van der Waals surface area contributed by atoms with Crippen molar-refractivity contribution < 1.29 is 14.7 Å². The average molecular weight is 333 g/mol. The Morgan fingerprint density at radius 1 is 1.21 bits per heavy atom. The lowest BCUT2D eigenvalue weighted by molar-refractivity contribution is -0.137. The van der Waals surface area contributed by atoms with Crippen LogP contribution in [0.1, 0.15) is 56.3 Å². The van der Waals surface area contributed by atoms with E-state index in [1.165, 1.54) is 25.7 Å². The van der Waals surface area contributed by atoms with Crippen molar-refractivity contribution in [3.05, 3.63) is 23.9 Å². The molecule has 1 N–H and O–H groups in total. The summed E-state index contributed by atoms with van der Waals surface area (Å²) in [4.78, 5) is 31.7. The van der Waals surface area contributed by atoms with Crippen LogP contribution in [-0.2, 0) is 4.79 Å². The highest BCUT2D eigenvalue weighted by Gasteiger charge is 2.20. The highest BCUT2D eigenvalue weighted by molar-refractivity contribution is 5.94. The van der Waals surface area contributed by atoms with Gasteiger partial charge in [-0.25, -0.2) is 4.98 Å². The summed E-state index contributed by atoms with van der Waals surface area (Å²) in [7, 11) is 0. The van der Waals surface area contributed by atoms with Gasteiger partial charge in [-0.3, -0.25) is 9.59 Å². The number of hydrogen-bond acceptors (Lipinski definition) is 4. The average Bonchev–Trinajstić information content (AvgIpc) is 2.83. The zero-order chi connectivity index (χ0) is 17.5. The van der Waals surface area contributed by atoms with Crippen LogP contribution in [0.3, 0.4) is 0 Å². The molecule has 0 atom stereocenters. The van der Waals surface area contributed by atoms with Crippen molar-refractivity contribution in [3.8, 4) is 0 Å². The van der Waals surface area contributed by atoms with Crippen molar-refractivity contribution in [3.63, 3.8) is 0 Å². The molecule has 2 heterocycles. The molecule has 1 aliphatic heterocycles. The van der Waals surface area contributed by atoms with E-state index in [0.29, 0.717) is 5.56 Å². The summed E-state index contributed by atoms with van der Waals surface area (Å²) in [5.74, 6) is -0.153. The summed E-state index contributed by atoms with van der Waals surface area (Å²) in [6.07, 6.45) is 6.44. The van der Waals surface area contributed by atoms with E-state index in [2.05, 4.69) is 9.88 Å². The van der Waals surface area contributed by atoms with Gasteiger partial charge in [0.15, 0.2) is 0 Å². The lowest BCUT2D eigenvalue weighted by atomic mass is 10.2. The molecule has 1 aliphatic rings. The summed E-state index contributed by atoms with van der Waals surface area (Å²) >= 11 is 0. The predicted octanol–water partition coefficient (Wildman–Crippen LogP) is 2.79. The van der Waals surface area contributed by atoms with E-state index in [-0.39, 0.29) is 24.9 Å². The minimum absolute atomic E-state index is 0.0524. The van der Waals surface area contributed by atoms with Crippen LogP contribution >= 0.6 is 0 Å². The summed E-state index contributed by atoms with van der Waals surface area (Å²) in [6, 6.07) is 3.64. The fraction of sp³-hybridized carbons (Fsp3) is 0.611. The van der Waals surface area contributed by atoms with Gasteiger partial charge in [0, 0.05) is 31.9 Å². The number of anilines is 1. The number of hydrogen-bond donors (Lipinski definition) is 1. The Morgan fingerprint density at radius 3 is 2.38 bits per heavy atom. The van der Waals surface area contributed by atoms with Crippen LogP contribution in [0.2, 0.25) is 0 Å². The highest BCUT2D eigenvalue weighted by atomic mass is 16.4. The van der Waals surface area contributed by atoms with Crippen LogP contribution in [0.5, 0.6) is 0 Å². The molecular weight excluding hydrogens is 306 g/mol. The Bertz CT molecular complexity index is 549. The Kier molecular flexibility index (Phi) is 6.58. The molecule has 6 heteroatoms. The normalized spacial score (nSPS) is 15.2. The number of pyridine rings is 1.